The predicted molar refractivity (Wildman–Crippen MR) is 112 cm³/mol. The van der Waals surface area contributed by atoms with Gasteiger partial charge >= 0.3 is 0 Å². The fourth-order valence-corrected chi connectivity index (χ4v) is 4.76. The molecule has 1 N–H and O–H groups in total. The van der Waals surface area contributed by atoms with E-state index in [0.29, 0.717) is 22.7 Å². The lowest BCUT2D eigenvalue weighted by Gasteiger charge is -2.34. The highest BCUT2D eigenvalue weighted by atomic mass is 32.2. The first kappa shape index (κ1) is 19.0. The molecule has 1 aliphatic rings. The van der Waals surface area contributed by atoms with Crippen molar-refractivity contribution in [3.63, 3.8) is 0 Å². The van der Waals surface area contributed by atoms with Crippen LogP contribution in [0.3, 0.4) is 0 Å². The van der Waals surface area contributed by atoms with Crippen LogP contribution in [0.15, 0.2) is 83.8 Å². The first-order valence-electron chi connectivity index (χ1n) is 9.20. The van der Waals surface area contributed by atoms with Crippen LogP contribution in [-0.4, -0.2) is 27.0 Å². The van der Waals surface area contributed by atoms with Gasteiger partial charge in [0.05, 0.1) is 17.1 Å². The number of rotatable bonds is 4. The molecule has 7 heteroatoms. The molecule has 3 aromatic carbocycles. The Labute approximate surface area is 169 Å². The van der Waals surface area contributed by atoms with Gasteiger partial charge in [-0.3, -0.25) is 9.10 Å². The molecule has 0 saturated carbocycles. The van der Waals surface area contributed by atoms with Crippen LogP contribution < -0.4 is 14.4 Å². The maximum atomic E-state index is 13.2. The first-order valence-corrected chi connectivity index (χ1v) is 10.6. The van der Waals surface area contributed by atoms with Gasteiger partial charge in [0.15, 0.2) is 0 Å². The molecule has 0 fully saturated rings. The Balaban J connectivity index is 1.58. The molecule has 0 saturated heterocycles. The number of ether oxygens (including phenoxy) is 1. The second kappa shape index (κ2) is 7.60. The molecule has 0 aromatic heterocycles. The van der Waals surface area contributed by atoms with Crippen LogP contribution in [0.25, 0.3) is 0 Å². The van der Waals surface area contributed by atoms with Gasteiger partial charge in [-0.2, -0.15) is 0 Å². The first-order chi connectivity index (χ1) is 13.9. The lowest BCUT2D eigenvalue weighted by atomic mass is 10.2. The standard InChI is InChI=1S/C22H20N2O4S/c1-16-15-24(20-9-5-6-10-21(20)28-16)29(26,27)19-13-11-18(12-14-19)23-22(25)17-7-3-2-4-8-17/h2-14,16H,15H2,1H3,(H,23,25)/t16-/m0/s1. The van der Waals surface area contributed by atoms with E-state index < -0.39 is 10.0 Å². The number of carbonyl (C=O) groups excluding carboxylic acids is 1. The lowest BCUT2D eigenvalue weighted by Crippen LogP contribution is -2.42. The minimum absolute atomic E-state index is 0.152. The summed E-state index contributed by atoms with van der Waals surface area (Å²) in [5.74, 6) is 0.290. The summed E-state index contributed by atoms with van der Waals surface area (Å²) in [4.78, 5) is 12.4. The lowest BCUT2D eigenvalue weighted by molar-refractivity contribution is 0.102. The number of nitrogens with one attached hydrogen (secondary N) is 1. The van der Waals surface area contributed by atoms with Crippen LogP contribution in [0.5, 0.6) is 5.75 Å². The Morgan fingerprint density at radius 1 is 0.966 bits per heavy atom. The summed E-state index contributed by atoms with van der Waals surface area (Å²) in [6, 6.07) is 22.1. The highest BCUT2D eigenvalue weighted by molar-refractivity contribution is 7.92. The molecule has 0 unspecified atom stereocenters. The van der Waals surface area contributed by atoms with E-state index in [2.05, 4.69) is 5.32 Å². The SMILES string of the molecule is C[C@H]1CN(S(=O)(=O)c2ccc(NC(=O)c3ccccc3)cc2)c2ccccc2O1. The molecule has 6 nitrogen and oxygen atoms in total. The Kier molecular flexibility index (Phi) is 4.98. The smallest absolute Gasteiger partial charge is 0.264 e. The van der Waals surface area contributed by atoms with E-state index in [9.17, 15) is 13.2 Å². The molecule has 29 heavy (non-hydrogen) atoms. The Morgan fingerprint density at radius 3 is 2.34 bits per heavy atom. The number of fused-ring (bicyclic) bond motifs is 1. The maximum Gasteiger partial charge on any atom is 0.264 e. The molecule has 3 aromatic rings. The average molecular weight is 408 g/mol. The van der Waals surface area contributed by atoms with E-state index in [1.165, 1.54) is 16.4 Å². The quantitative estimate of drug-likeness (QED) is 0.710. The van der Waals surface area contributed by atoms with E-state index in [4.69, 9.17) is 4.74 Å². The summed E-state index contributed by atoms with van der Waals surface area (Å²) < 4.78 is 33.6. The van der Waals surface area contributed by atoms with Crippen molar-refractivity contribution in [1.82, 2.24) is 0 Å². The summed E-state index contributed by atoms with van der Waals surface area (Å²) in [5, 5.41) is 2.77. The second-order valence-corrected chi connectivity index (χ2v) is 8.64. The molecule has 4 rings (SSSR count). The second-order valence-electron chi connectivity index (χ2n) is 6.78. The normalized spacial score (nSPS) is 15.9. The van der Waals surface area contributed by atoms with Crippen molar-refractivity contribution in [1.29, 1.82) is 0 Å². The largest absolute Gasteiger partial charge is 0.487 e. The summed E-state index contributed by atoms with van der Waals surface area (Å²) in [6.45, 7) is 2.06. The van der Waals surface area contributed by atoms with Crippen molar-refractivity contribution < 1.29 is 17.9 Å². The van der Waals surface area contributed by atoms with Crippen molar-refractivity contribution >= 4 is 27.3 Å². The Morgan fingerprint density at radius 2 is 1.62 bits per heavy atom. The van der Waals surface area contributed by atoms with Gasteiger partial charge in [-0.1, -0.05) is 30.3 Å². The molecule has 1 aliphatic heterocycles. The van der Waals surface area contributed by atoms with Crippen molar-refractivity contribution in [2.45, 2.75) is 17.9 Å². The highest BCUT2D eigenvalue weighted by Crippen LogP contribution is 2.36. The topological polar surface area (TPSA) is 75.7 Å². The molecule has 148 valence electrons. The fourth-order valence-electron chi connectivity index (χ4n) is 3.21. The number of benzene rings is 3. The molecule has 1 atom stereocenters. The molecule has 0 aliphatic carbocycles. The number of anilines is 2. The third-order valence-corrected chi connectivity index (χ3v) is 6.42. The third kappa shape index (κ3) is 3.82. The maximum absolute atomic E-state index is 13.2. The molecule has 0 radical (unpaired) electrons. The van der Waals surface area contributed by atoms with Crippen LogP contribution in [0, 0.1) is 0 Å². The minimum Gasteiger partial charge on any atom is -0.487 e. The van der Waals surface area contributed by atoms with Gasteiger partial charge in [0.1, 0.15) is 11.9 Å². The Hall–Kier alpha value is -3.32. The van der Waals surface area contributed by atoms with Crippen LogP contribution in [0.2, 0.25) is 0 Å². The molecule has 1 amide bonds. The summed E-state index contributed by atoms with van der Waals surface area (Å²) >= 11 is 0. The number of hydrogen-bond acceptors (Lipinski definition) is 4. The van der Waals surface area contributed by atoms with E-state index in [-0.39, 0.29) is 23.5 Å². The van der Waals surface area contributed by atoms with Gasteiger partial charge in [0, 0.05) is 11.3 Å². The fraction of sp³-hybridized carbons (Fsp3) is 0.136. The van der Waals surface area contributed by atoms with E-state index in [1.807, 2.05) is 19.1 Å². The van der Waals surface area contributed by atoms with Crippen molar-refractivity contribution in [3.05, 3.63) is 84.4 Å². The van der Waals surface area contributed by atoms with Gasteiger partial charge in [-0.05, 0) is 55.5 Å². The van der Waals surface area contributed by atoms with Gasteiger partial charge in [0.2, 0.25) is 0 Å². The number of para-hydroxylation sites is 2. The highest BCUT2D eigenvalue weighted by Gasteiger charge is 2.32. The molecule has 0 bridgehead atoms. The molecule has 0 spiro atoms. The predicted octanol–water partition coefficient (Wildman–Crippen LogP) is 3.92. The average Bonchev–Trinajstić information content (AvgIpc) is 2.74. The number of nitrogens with zero attached hydrogens (tertiary/aromatic N) is 1. The zero-order valence-electron chi connectivity index (χ0n) is 15.8. The minimum atomic E-state index is -3.77. The summed E-state index contributed by atoms with van der Waals surface area (Å²) in [5.41, 5.74) is 1.57. The Bertz CT molecular complexity index is 1130. The summed E-state index contributed by atoms with van der Waals surface area (Å²) in [7, 11) is -3.77. The third-order valence-electron chi connectivity index (χ3n) is 4.62. The van der Waals surface area contributed by atoms with Crippen LogP contribution in [0.1, 0.15) is 17.3 Å². The van der Waals surface area contributed by atoms with E-state index >= 15 is 0 Å². The van der Waals surface area contributed by atoms with Crippen LogP contribution in [0.4, 0.5) is 11.4 Å². The van der Waals surface area contributed by atoms with Gasteiger partial charge in [0.25, 0.3) is 15.9 Å². The molecular formula is C22H20N2O4S. The van der Waals surface area contributed by atoms with Gasteiger partial charge in [-0.25, -0.2) is 8.42 Å². The number of amides is 1. The van der Waals surface area contributed by atoms with Crippen molar-refractivity contribution in [2.75, 3.05) is 16.2 Å². The van der Waals surface area contributed by atoms with Crippen molar-refractivity contribution in [3.8, 4) is 5.75 Å². The monoisotopic (exact) mass is 408 g/mol. The number of hydrogen-bond donors (Lipinski definition) is 1. The van der Waals surface area contributed by atoms with E-state index in [0.717, 1.165) is 0 Å². The number of carbonyl (C=O) groups is 1. The zero-order valence-corrected chi connectivity index (χ0v) is 16.6. The van der Waals surface area contributed by atoms with Crippen LogP contribution >= 0.6 is 0 Å². The number of sulfonamides is 1. The van der Waals surface area contributed by atoms with Gasteiger partial charge < -0.3 is 10.1 Å². The zero-order chi connectivity index (χ0) is 20.4. The van der Waals surface area contributed by atoms with Gasteiger partial charge in [-0.15, -0.1) is 0 Å². The summed E-state index contributed by atoms with van der Waals surface area (Å²) in [6.07, 6.45) is -0.260. The molecular weight excluding hydrogens is 388 g/mol. The van der Waals surface area contributed by atoms with Crippen LogP contribution in [-0.2, 0) is 10.0 Å². The van der Waals surface area contributed by atoms with Crippen molar-refractivity contribution in [2.24, 2.45) is 0 Å². The molecule has 1 heterocycles. The van der Waals surface area contributed by atoms with E-state index in [1.54, 1.807) is 54.6 Å².